The second kappa shape index (κ2) is 8.72. The smallest absolute Gasteiger partial charge is 0.339 e. The van der Waals surface area contributed by atoms with Crippen molar-refractivity contribution in [2.75, 3.05) is 12.4 Å². The van der Waals surface area contributed by atoms with Crippen molar-refractivity contribution in [3.63, 3.8) is 0 Å². The number of aryl methyl sites for hydroxylation is 1. The van der Waals surface area contributed by atoms with Gasteiger partial charge in [-0.1, -0.05) is 24.3 Å². The van der Waals surface area contributed by atoms with Gasteiger partial charge >= 0.3 is 5.97 Å². The Balaban J connectivity index is 1.68. The van der Waals surface area contributed by atoms with Crippen LogP contribution in [0.15, 0.2) is 59.7 Å². The maximum Gasteiger partial charge on any atom is 0.339 e. The Bertz CT molecular complexity index is 1410. The number of halogens is 1. The molecule has 0 saturated carbocycles. The number of esters is 1. The Kier molecular flexibility index (Phi) is 5.83. The monoisotopic (exact) mass is 451 g/mol. The van der Waals surface area contributed by atoms with Gasteiger partial charge in [0.05, 0.1) is 41.5 Å². The zero-order valence-corrected chi connectivity index (χ0v) is 18.0. The SMILES string of the molecule is COC(=O)c1ccccc1NC(=O)c1sc2ncn(Cc3cccc(F)c3)c(=O)c2c1C. The van der Waals surface area contributed by atoms with E-state index >= 15 is 0 Å². The van der Waals surface area contributed by atoms with E-state index in [-0.39, 0.29) is 23.5 Å². The topological polar surface area (TPSA) is 90.3 Å². The van der Waals surface area contributed by atoms with E-state index in [4.69, 9.17) is 4.74 Å². The summed E-state index contributed by atoms with van der Waals surface area (Å²) in [6.45, 7) is 1.83. The molecule has 0 atom stereocenters. The Labute approximate surface area is 186 Å². The lowest BCUT2D eigenvalue weighted by molar-refractivity contribution is 0.0602. The van der Waals surface area contributed by atoms with Crippen LogP contribution in [0.1, 0.15) is 31.2 Å². The standard InChI is InChI=1S/C23H18FN3O4S/c1-13-18-21(25-12-27(22(18)29)11-14-6-5-7-15(24)10-14)32-19(13)20(28)26-17-9-4-3-8-16(17)23(30)31-2/h3-10,12H,11H2,1-2H3,(H,26,28). The van der Waals surface area contributed by atoms with Crippen LogP contribution in [0.2, 0.25) is 0 Å². The number of ether oxygens (including phenoxy) is 1. The van der Waals surface area contributed by atoms with Crippen LogP contribution in [-0.4, -0.2) is 28.5 Å². The van der Waals surface area contributed by atoms with Crippen molar-refractivity contribution in [2.45, 2.75) is 13.5 Å². The zero-order valence-electron chi connectivity index (χ0n) is 17.2. The Morgan fingerprint density at radius 3 is 2.72 bits per heavy atom. The number of thiophene rings is 1. The van der Waals surface area contributed by atoms with Gasteiger partial charge in [-0.05, 0) is 42.3 Å². The van der Waals surface area contributed by atoms with Crippen LogP contribution in [0.5, 0.6) is 0 Å². The van der Waals surface area contributed by atoms with Crippen LogP contribution in [0, 0.1) is 12.7 Å². The summed E-state index contributed by atoms with van der Waals surface area (Å²) in [5, 5.41) is 3.05. The summed E-state index contributed by atoms with van der Waals surface area (Å²) in [4.78, 5) is 43.0. The number of methoxy groups -OCH3 is 1. The van der Waals surface area contributed by atoms with Crippen LogP contribution >= 0.6 is 11.3 Å². The van der Waals surface area contributed by atoms with Gasteiger partial charge in [0.15, 0.2) is 0 Å². The molecule has 1 N–H and O–H groups in total. The van der Waals surface area contributed by atoms with Crippen LogP contribution in [0.25, 0.3) is 10.2 Å². The van der Waals surface area contributed by atoms with Gasteiger partial charge in [-0.3, -0.25) is 14.2 Å². The van der Waals surface area contributed by atoms with Crippen LogP contribution in [0.4, 0.5) is 10.1 Å². The molecule has 0 aliphatic rings. The molecule has 2 aromatic carbocycles. The first kappa shape index (κ1) is 21.4. The van der Waals surface area contributed by atoms with Crippen LogP contribution < -0.4 is 10.9 Å². The summed E-state index contributed by atoms with van der Waals surface area (Å²) in [5.74, 6) is -1.42. The van der Waals surface area contributed by atoms with Gasteiger partial charge in [0.25, 0.3) is 11.5 Å². The fraction of sp³-hybridized carbons (Fsp3) is 0.130. The average molecular weight is 451 g/mol. The van der Waals surface area contributed by atoms with E-state index in [9.17, 15) is 18.8 Å². The fourth-order valence-corrected chi connectivity index (χ4v) is 4.41. The number of carbonyl (C=O) groups excluding carboxylic acids is 2. The molecule has 0 aliphatic heterocycles. The first-order chi connectivity index (χ1) is 15.4. The molecule has 0 fully saturated rings. The van der Waals surface area contributed by atoms with Crippen molar-refractivity contribution in [1.82, 2.24) is 9.55 Å². The minimum absolute atomic E-state index is 0.156. The summed E-state index contributed by atoms with van der Waals surface area (Å²) < 4.78 is 19.6. The summed E-state index contributed by atoms with van der Waals surface area (Å²) >= 11 is 1.09. The molecule has 0 radical (unpaired) electrons. The lowest BCUT2D eigenvalue weighted by atomic mass is 10.1. The van der Waals surface area contributed by atoms with Gasteiger partial charge in [0, 0.05) is 0 Å². The van der Waals surface area contributed by atoms with Gasteiger partial charge in [-0.15, -0.1) is 11.3 Å². The van der Waals surface area contributed by atoms with Crippen molar-refractivity contribution in [3.05, 3.63) is 92.6 Å². The van der Waals surface area contributed by atoms with Crippen molar-refractivity contribution in [1.29, 1.82) is 0 Å². The predicted molar refractivity (Wildman–Crippen MR) is 120 cm³/mol. The Morgan fingerprint density at radius 2 is 1.97 bits per heavy atom. The largest absolute Gasteiger partial charge is 0.465 e. The lowest BCUT2D eigenvalue weighted by Crippen LogP contribution is -2.21. The highest BCUT2D eigenvalue weighted by Gasteiger charge is 2.21. The van der Waals surface area contributed by atoms with E-state index in [1.807, 2.05) is 0 Å². The number of para-hydroxylation sites is 1. The summed E-state index contributed by atoms with van der Waals surface area (Å²) in [6, 6.07) is 12.5. The second-order valence-electron chi connectivity index (χ2n) is 7.04. The normalized spacial score (nSPS) is 10.8. The molecule has 0 aliphatic carbocycles. The number of nitrogens with one attached hydrogen (secondary N) is 1. The first-order valence-electron chi connectivity index (χ1n) is 9.60. The molecule has 1 amide bonds. The fourth-order valence-electron chi connectivity index (χ4n) is 3.38. The number of carbonyl (C=O) groups is 2. The second-order valence-corrected chi connectivity index (χ2v) is 8.03. The summed E-state index contributed by atoms with van der Waals surface area (Å²) in [5.41, 5.74) is 1.32. The van der Waals surface area contributed by atoms with Crippen molar-refractivity contribution in [2.24, 2.45) is 0 Å². The summed E-state index contributed by atoms with van der Waals surface area (Å²) in [6.07, 6.45) is 1.39. The van der Waals surface area contributed by atoms with Gasteiger partial charge in [-0.2, -0.15) is 0 Å². The van der Waals surface area contributed by atoms with E-state index in [0.29, 0.717) is 31.9 Å². The average Bonchev–Trinajstić information content (AvgIpc) is 3.13. The van der Waals surface area contributed by atoms with E-state index in [1.165, 1.54) is 30.1 Å². The minimum atomic E-state index is -0.573. The van der Waals surface area contributed by atoms with Crippen molar-refractivity contribution in [3.8, 4) is 0 Å². The number of rotatable bonds is 5. The molecule has 32 heavy (non-hydrogen) atoms. The third kappa shape index (κ3) is 4.02. The molecule has 0 spiro atoms. The molecule has 162 valence electrons. The van der Waals surface area contributed by atoms with Gasteiger partial charge in [-0.25, -0.2) is 14.2 Å². The number of hydrogen-bond acceptors (Lipinski definition) is 6. The number of anilines is 1. The molecule has 0 unspecified atom stereocenters. The lowest BCUT2D eigenvalue weighted by Gasteiger charge is -2.09. The van der Waals surface area contributed by atoms with E-state index < -0.39 is 11.9 Å². The van der Waals surface area contributed by atoms with Crippen LogP contribution in [0.3, 0.4) is 0 Å². The van der Waals surface area contributed by atoms with Crippen molar-refractivity contribution < 1.29 is 18.7 Å². The highest BCUT2D eigenvalue weighted by atomic mass is 32.1. The highest BCUT2D eigenvalue weighted by Crippen LogP contribution is 2.28. The number of hydrogen-bond donors (Lipinski definition) is 1. The zero-order chi connectivity index (χ0) is 22.8. The Morgan fingerprint density at radius 1 is 1.19 bits per heavy atom. The predicted octanol–water partition coefficient (Wildman–Crippen LogP) is 3.99. The van der Waals surface area contributed by atoms with Crippen molar-refractivity contribution >= 4 is 39.1 Å². The van der Waals surface area contributed by atoms with E-state index in [0.717, 1.165) is 11.3 Å². The molecular weight excluding hydrogens is 433 g/mol. The molecular formula is C23H18FN3O4S. The molecule has 4 rings (SSSR count). The first-order valence-corrected chi connectivity index (χ1v) is 10.4. The number of amides is 1. The molecule has 0 saturated heterocycles. The van der Waals surface area contributed by atoms with Gasteiger partial charge in [0.2, 0.25) is 0 Å². The maximum atomic E-state index is 13.5. The molecule has 7 nitrogen and oxygen atoms in total. The van der Waals surface area contributed by atoms with Crippen LogP contribution in [-0.2, 0) is 11.3 Å². The number of nitrogens with zero attached hydrogens (tertiary/aromatic N) is 2. The molecule has 9 heteroatoms. The molecule has 2 aromatic heterocycles. The number of benzene rings is 2. The Hall–Kier alpha value is -3.85. The van der Waals surface area contributed by atoms with Gasteiger partial charge in [0.1, 0.15) is 10.6 Å². The minimum Gasteiger partial charge on any atom is -0.465 e. The molecule has 4 aromatic rings. The third-order valence-electron chi connectivity index (χ3n) is 4.95. The third-order valence-corrected chi connectivity index (χ3v) is 6.14. The highest BCUT2D eigenvalue weighted by molar-refractivity contribution is 7.20. The van der Waals surface area contributed by atoms with Gasteiger partial charge < -0.3 is 10.1 Å². The quantitative estimate of drug-likeness (QED) is 0.464. The number of aromatic nitrogens is 2. The summed E-state index contributed by atoms with van der Waals surface area (Å²) in [7, 11) is 1.26. The molecule has 0 bridgehead atoms. The van der Waals surface area contributed by atoms with E-state index in [2.05, 4.69) is 10.3 Å². The number of fused-ring (bicyclic) bond motifs is 1. The molecule has 2 heterocycles. The maximum absolute atomic E-state index is 13.5. The van der Waals surface area contributed by atoms with E-state index in [1.54, 1.807) is 43.3 Å².